The fraction of sp³-hybridized carbons (Fsp3) is 0.900. The van der Waals surface area contributed by atoms with E-state index in [9.17, 15) is 9.46 Å². The first-order valence-corrected chi connectivity index (χ1v) is 21.3. The number of phosphoric ester groups is 1. The Labute approximate surface area is 282 Å². The lowest BCUT2D eigenvalue weighted by Gasteiger charge is -2.03. The molecule has 0 heterocycles. The third-order valence-electron chi connectivity index (χ3n) is 8.78. The SMILES string of the molecule is CCCCCCCCCCCCCCCCCCC#COP(=O)(O)OC#CCCCCCCCCCCCCCCCCCC. The van der Waals surface area contributed by atoms with Crippen LogP contribution in [0.3, 0.4) is 0 Å². The predicted molar refractivity (Wildman–Crippen MR) is 196 cm³/mol. The molecule has 0 aromatic heterocycles. The molecule has 0 amide bonds. The van der Waals surface area contributed by atoms with Gasteiger partial charge in [0.2, 0.25) is 0 Å². The summed E-state index contributed by atoms with van der Waals surface area (Å²) in [7, 11) is -4.22. The van der Waals surface area contributed by atoms with Crippen molar-refractivity contribution in [2.45, 2.75) is 232 Å². The Morgan fingerprint density at radius 2 is 0.578 bits per heavy atom. The molecule has 0 saturated carbocycles. The van der Waals surface area contributed by atoms with Crippen molar-refractivity contribution in [2.75, 3.05) is 0 Å². The topological polar surface area (TPSA) is 55.8 Å². The van der Waals surface area contributed by atoms with E-state index in [0.717, 1.165) is 25.7 Å². The van der Waals surface area contributed by atoms with E-state index >= 15 is 0 Å². The molecule has 0 aliphatic rings. The lowest BCUT2D eigenvalue weighted by molar-refractivity contribution is 0.263. The minimum absolute atomic E-state index is 0.670. The van der Waals surface area contributed by atoms with Crippen LogP contribution in [0.2, 0.25) is 0 Å². The minimum Gasteiger partial charge on any atom is -0.341 e. The zero-order chi connectivity index (χ0) is 32.8. The van der Waals surface area contributed by atoms with Crippen LogP contribution < -0.4 is 0 Å². The van der Waals surface area contributed by atoms with Crippen LogP contribution in [0.1, 0.15) is 232 Å². The molecule has 0 aliphatic heterocycles. The van der Waals surface area contributed by atoms with Gasteiger partial charge >= 0.3 is 7.82 Å². The van der Waals surface area contributed by atoms with Crippen LogP contribution >= 0.6 is 7.82 Å². The maximum Gasteiger partial charge on any atom is 0.602 e. The van der Waals surface area contributed by atoms with Crippen LogP contribution in [0, 0.1) is 24.1 Å². The van der Waals surface area contributed by atoms with E-state index in [0.29, 0.717) is 12.8 Å². The molecule has 5 heteroatoms. The zero-order valence-corrected chi connectivity index (χ0v) is 31.1. The summed E-state index contributed by atoms with van der Waals surface area (Å²) < 4.78 is 21.3. The third kappa shape index (κ3) is 39.0. The maximum atomic E-state index is 11.9. The molecule has 4 nitrogen and oxygen atoms in total. The van der Waals surface area contributed by atoms with Gasteiger partial charge < -0.3 is 9.05 Å². The second-order valence-corrected chi connectivity index (χ2v) is 14.6. The van der Waals surface area contributed by atoms with E-state index in [1.807, 2.05) is 0 Å². The number of unbranched alkanes of at least 4 members (excludes halogenated alkanes) is 32. The van der Waals surface area contributed by atoms with Crippen molar-refractivity contribution < 1.29 is 18.5 Å². The molecule has 0 bridgehead atoms. The quantitative estimate of drug-likeness (QED) is 0.0428. The van der Waals surface area contributed by atoms with Gasteiger partial charge in [0.1, 0.15) is 12.2 Å². The fourth-order valence-electron chi connectivity index (χ4n) is 5.82. The zero-order valence-electron chi connectivity index (χ0n) is 30.2. The molecule has 0 rings (SSSR count). The smallest absolute Gasteiger partial charge is 0.341 e. The summed E-state index contributed by atoms with van der Waals surface area (Å²) in [6.45, 7) is 4.56. The van der Waals surface area contributed by atoms with E-state index in [1.54, 1.807) is 0 Å². The molecule has 0 spiro atoms. The van der Waals surface area contributed by atoms with Gasteiger partial charge in [0.25, 0.3) is 0 Å². The molecule has 264 valence electrons. The van der Waals surface area contributed by atoms with Crippen molar-refractivity contribution in [1.29, 1.82) is 0 Å². The highest BCUT2D eigenvalue weighted by molar-refractivity contribution is 7.47. The predicted octanol–water partition coefficient (Wildman–Crippen LogP) is 14.3. The van der Waals surface area contributed by atoms with Gasteiger partial charge in [0, 0.05) is 12.8 Å². The Morgan fingerprint density at radius 3 is 0.800 bits per heavy atom. The lowest BCUT2D eigenvalue weighted by atomic mass is 10.0. The maximum absolute atomic E-state index is 11.9. The highest BCUT2D eigenvalue weighted by Gasteiger charge is 2.21. The second kappa shape index (κ2) is 37.4. The highest BCUT2D eigenvalue weighted by atomic mass is 31.2. The number of hydrogen-bond donors (Lipinski definition) is 1. The Kier molecular flexibility index (Phi) is 36.5. The molecule has 0 unspecified atom stereocenters. The Balaban J connectivity index is 3.43. The molecule has 0 saturated heterocycles. The summed E-state index contributed by atoms with van der Waals surface area (Å²) >= 11 is 0. The van der Waals surface area contributed by atoms with Gasteiger partial charge in [0.05, 0.1) is 0 Å². The average Bonchev–Trinajstić information content (AvgIpc) is 3.03. The number of rotatable bonds is 34. The van der Waals surface area contributed by atoms with E-state index in [4.69, 9.17) is 9.05 Å². The monoisotopic (exact) mass is 651 g/mol. The van der Waals surface area contributed by atoms with Crippen LogP contribution in [-0.2, 0) is 13.6 Å². The molecule has 1 N–H and O–H groups in total. The first-order chi connectivity index (χ1) is 22.1. The first kappa shape index (κ1) is 43.9. The highest BCUT2D eigenvalue weighted by Crippen LogP contribution is 2.42. The first-order valence-electron chi connectivity index (χ1n) is 19.8. The molecule has 45 heavy (non-hydrogen) atoms. The molecule has 0 aromatic carbocycles. The van der Waals surface area contributed by atoms with Gasteiger partial charge in [-0.1, -0.05) is 218 Å². The average molecular weight is 651 g/mol. The van der Waals surface area contributed by atoms with Gasteiger partial charge in [-0.25, -0.2) is 4.57 Å². The summed E-state index contributed by atoms with van der Waals surface area (Å²) in [6.07, 6.45) is 48.8. The van der Waals surface area contributed by atoms with Gasteiger partial charge in [-0.3, -0.25) is 4.89 Å². The van der Waals surface area contributed by atoms with Gasteiger partial charge in [0.15, 0.2) is 0 Å². The van der Waals surface area contributed by atoms with E-state index in [2.05, 4.69) is 37.9 Å². The van der Waals surface area contributed by atoms with Crippen molar-refractivity contribution in [3.63, 3.8) is 0 Å². The standard InChI is InChI=1S/C40H75O4P/c1-3-5-7-9-11-13-15-17-19-21-23-25-27-29-31-33-35-37-39-43-45(41,42)44-40-38-36-34-32-30-28-26-24-22-20-18-16-14-12-10-8-6-4-2/h3-36H2,1-2H3,(H,41,42). The summed E-state index contributed by atoms with van der Waals surface area (Å²) in [5.41, 5.74) is 0. The third-order valence-corrected chi connectivity index (χ3v) is 9.42. The second-order valence-electron chi connectivity index (χ2n) is 13.3. The Morgan fingerprint density at radius 1 is 0.378 bits per heavy atom. The van der Waals surface area contributed by atoms with E-state index in [1.165, 1.54) is 180 Å². The van der Waals surface area contributed by atoms with Gasteiger partial charge in [-0.05, 0) is 12.8 Å². The fourth-order valence-corrected chi connectivity index (χ4v) is 6.22. The number of phosphoric acid groups is 1. The normalized spacial score (nSPS) is 11.1. The van der Waals surface area contributed by atoms with Crippen LogP contribution in [0.5, 0.6) is 0 Å². The Hall–Kier alpha value is -1.09. The van der Waals surface area contributed by atoms with Crippen LogP contribution in [0.4, 0.5) is 0 Å². The van der Waals surface area contributed by atoms with Gasteiger partial charge in [-0.2, -0.15) is 0 Å². The summed E-state index contributed by atoms with van der Waals surface area (Å²) in [5.74, 6) is 5.64. The molecule has 0 atom stereocenters. The molecule has 0 aromatic rings. The van der Waals surface area contributed by atoms with Crippen molar-refractivity contribution >= 4 is 7.82 Å². The number of hydrogen-bond acceptors (Lipinski definition) is 3. The molecular weight excluding hydrogens is 575 g/mol. The van der Waals surface area contributed by atoms with Crippen LogP contribution in [-0.4, -0.2) is 4.89 Å². The van der Waals surface area contributed by atoms with Crippen molar-refractivity contribution in [3.05, 3.63) is 0 Å². The molecule has 0 fully saturated rings. The van der Waals surface area contributed by atoms with Crippen LogP contribution in [0.15, 0.2) is 0 Å². The lowest BCUT2D eigenvalue weighted by Crippen LogP contribution is -1.85. The largest absolute Gasteiger partial charge is 0.602 e. The summed E-state index contributed by atoms with van der Waals surface area (Å²) in [5, 5.41) is 0. The van der Waals surface area contributed by atoms with E-state index in [-0.39, 0.29) is 0 Å². The van der Waals surface area contributed by atoms with Crippen molar-refractivity contribution in [2.24, 2.45) is 0 Å². The van der Waals surface area contributed by atoms with Crippen molar-refractivity contribution in [1.82, 2.24) is 0 Å². The minimum atomic E-state index is -4.22. The van der Waals surface area contributed by atoms with Gasteiger partial charge in [-0.15, -0.1) is 0 Å². The van der Waals surface area contributed by atoms with Crippen LogP contribution in [0.25, 0.3) is 0 Å². The summed E-state index contributed by atoms with van der Waals surface area (Å²) in [6, 6.07) is 0. The molecule has 0 aliphatic carbocycles. The summed E-state index contributed by atoms with van der Waals surface area (Å²) in [4.78, 5) is 9.71. The van der Waals surface area contributed by atoms with E-state index < -0.39 is 7.82 Å². The molecular formula is C40H75O4P. The molecule has 0 radical (unpaired) electrons. The van der Waals surface area contributed by atoms with Crippen molar-refractivity contribution in [3.8, 4) is 24.1 Å². The Bertz CT molecular complexity index is 700.